The Bertz CT molecular complexity index is 553. The molecule has 1 aromatic carbocycles. The molecule has 130 valence electrons. The summed E-state index contributed by atoms with van der Waals surface area (Å²) < 4.78 is 0.341. The van der Waals surface area contributed by atoms with Gasteiger partial charge in [0.1, 0.15) is 0 Å². The summed E-state index contributed by atoms with van der Waals surface area (Å²) in [7, 11) is -1.44. The minimum absolute atomic E-state index is 0. The average Bonchev–Trinajstić information content (AvgIpc) is 3.15. The first-order chi connectivity index (χ1) is 10.2. The second-order valence-corrected chi connectivity index (χ2v) is 13.3. The van der Waals surface area contributed by atoms with Crippen LogP contribution in [0.15, 0.2) is 54.1 Å². The molecule has 0 bridgehead atoms. The Balaban J connectivity index is 0.00000176. The monoisotopic (exact) mass is 434 g/mol. The Labute approximate surface area is 178 Å². The van der Waals surface area contributed by atoms with Crippen molar-refractivity contribution in [3.8, 4) is 0 Å². The summed E-state index contributed by atoms with van der Waals surface area (Å²) in [4.78, 5) is 0. The zero-order chi connectivity index (χ0) is 14.8. The summed E-state index contributed by atoms with van der Waals surface area (Å²) in [5.41, 5.74) is 1.59. The maximum atomic E-state index is 2.65. The van der Waals surface area contributed by atoms with Crippen molar-refractivity contribution in [2.24, 2.45) is 0 Å². The van der Waals surface area contributed by atoms with E-state index in [2.05, 4.69) is 75.9 Å². The molecule has 1 atom stereocenters. The summed E-state index contributed by atoms with van der Waals surface area (Å²) in [6, 6.07) is 14.4. The summed E-state index contributed by atoms with van der Waals surface area (Å²) in [5.74, 6) is 0. The van der Waals surface area contributed by atoms with Crippen LogP contribution in [-0.4, -0.2) is 8.07 Å². The van der Waals surface area contributed by atoms with E-state index in [0.717, 1.165) is 0 Å². The Kier molecular flexibility index (Phi) is 10.8. The molecule has 0 amide bonds. The number of hydrogen-bond donors (Lipinski definition) is 0. The van der Waals surface area contributed by atoms with Crippen molar-refractivity contribution in [2.75, 3.05) is 0 Å². The van der Waals surface area contributed by atoms with E-state index in [1.54, 1.807) is 10.8 Å². The number of halogens is 3. The molecule has 1 fully saturated rings. The largest absolute Gasteiger partial charge is 1.00 e. The standard InChI is InChI=1S/C19H25Si.3ClH.Ti/c1-2-3-9-17-12-13-19(16-17)20(14-7-8-15-20)18-10-5-4-6-11-18;;;;/h4-6,10-13,16H,2-3,7-9,14-15H2,1H3;3*1H;/q;;;;+3/p-3. The van der Waals surface area contributed by atoms with Crippen molar-refractivity contribution < 1.29 is 57.7 Å². The molecule has 1 aliphatic heterocycles. The van der Waals surface area contributed by atoms with E-state index in [1.807, 2.05) is 0 Å². The van der Waals surface area contributed by atoms with Crippen LogP contribution in [0.1, 0.15) is 39.0 Å². The van der Waals surface area contributed by atoms with Crippen molar-refractivity contribution in [2.45, 2.75) is 54.5 Å². The first-order valence-corrected chi connectivity index (χ1v) is 11.6. The van der Waals surface area contributed by atoms with E-state index >= 15 is 0 Å². The molecule has 0 spiro atoms. The van der Waals surface area contributed by atoms with E-state index in [9.17, 15) is 0 Å². The molecular weight excluding hydrogens is 411 g/mol. The molecule has 1 saturated heterocycles. The fourth-order valence-corrected chi connectivity index (χ4v) is 11.9. The molecule has 5 heteroatoms. The molecule has 24 heavy (non-hydrogen) atoms. The molecule has 0 nitrogen and oxygen atoms in total. The molecule has 0 saturated carbocycles. The van der Waals surface area contributed by atoms with Crippen molar-refractivity contribution in [1.29, 1.82) is 0 Å². The van der Waals surface area contributed by atoms with Gasteiger partial charge in [-0.05, 0) is 0 Å². The second-order valence-electron chi connectivity index (χ2n) is 6.68. The molecule has 3 rings (SSSR count). The van der Waals surface area contributed by atoms with Crippen LogP contribution < -0.4 is 42.4 Å². The summed E-state index contributed by atoms with van der Waals surface area (Å²) in [5, 5.41) is 1.68. The first kappa shape index (κ1) is 24.5. The van der Waals surface area contributed by atoms with Gasteiger partial charge in [0.15, 0.2) is 0 Å². The molecule has 1 unspecified atom stereocenters. The number of unbranched alkanes of at least 4 members (excludes halogenated alkanes) is 1. The van der Waals surface area contributed by atoms with Crippen LogP contribution in [0, 0.1) is 0 Å². The summed E-state index contributed by atoms with van der Waals surface area (Å²) >= 11 is 2.52. The van der Waals surface area contributed by atoms with Crippen molar-refractivity contribution in [3.63, 3.8) is 0 Å². The van der Waals surface area contributed by atoms with Crippen LogP contribution in [-0.2, 0) is 20.4 Å². The van der Waals surface area contributed by atoms with Gasteiger partial charge in [-0.1, -0.05) is 0 Å². The molecule has 1 heterocycles. The van der Waals surface area contributed by atoms with Gasteiger partial charge < -0.3 is 37.2 Å². The Hall–Kier alpha value is 0.501. The van der Waals surface area contributed by atoms with Crippen LogP contribution in [0.3, 0.4) is 0 Å². The van der Waals surface area contributed by atoms with Gasteiger partial charge in [0, 0.05) is 0 Å². The third kappa shape index (κ3) is 4.61. The third-order valence-electron chi connectivity index (χ3n) is 5.37. The number of rotatable bonds is 5. The van der Waals surface area contributed by atoms with E-state index in [-0.39, 0.29) is 37.2 Å². The number of hydrogen-bond acceptors (Lipinski definition) is 0. The molecule has 2 aliphatic rings. The van der Waals surface area contributed by atoms with Gasteiger partial charge in [-0.2, -0.15) is 0 Å². The van der Waals surface area contributed by atoms with Crippen LogP contribution in [0.2, 0.25) is 15.4 Å². The van der Waals surface area contributed by atoms with E-state index in [4.69, 9.17) is 0 Å². The fraction of sp³-hybridized carbons (Fsp3) is 0.474. The minimum atomic E-state index is -1.44. The van der Waals surface area contributed by atoms with Gasteiger partial charge in [0.05, 0.1) is 0 Å². The SMILES string of the molecule is CCCCC1=C[C]([Ti+3])([Si]2(c3ccccc3)CCCC2)C=C1.[Cl-].[Cl-].[Cl-]. The molecule has 0 N–H and O–H groups in total. The number of benzene rings is 1. The Morgan fingerprint density at radius 2 is 1.67 bits per heavy atom. The number of allylic oxidation sites excluding steroid dienone is 4. The van der Waals surface area contributed by atoms with Gasteiger partial charge >= 0.3 is 142 Å². The quantitative estimate of drug-likeness (QED) is 0.415. The van der Waals surface area contributed by atoms with Crippen LogP contribution in [0.5, 0.6) is 0 Å². The predicted octanol–water partition coefficient (Wildman–Crippen LogP) is -3.92. The maximum absolute atomic E-state index is 2.65. The Morgan fingerprint density at radius 1 is 1.04 bits per heavy atom. The van der Waals surface area contributed by atoms with Gasteiger partial charge in [0.2, 0.25) is 0 Å². The van der Waals surface area contributed by atoms with Crippen molar-refractivity contribution in [3.05, 3.63) is 54.1 Å². The van der Waals surface area contributed by atoms with Crippen molar-refractivity contribution >= 4 is 13.3 Å². The topological polar surface area (TPSA) is 0 Å². The summed E-state index contributed by atoms with van der Waals surface area (Å²) in [6.07, 6.45) is 14.4. The van der Waals surface area contributed by atoms with E-state index in [1.165, 1.54) is 44.2 Å². The molecular formula is C19H25Cl3SiTi. The molecule has 0 aromatic heterocycles. The smallest absolute Gasteiger partial charge is 1.00 e. The van der Waals surface area contributed by atoms with Gasteiger partial charge in [-0.3, -0.25) is 0 Å². The molecule has 0 radical (unpaired) electrons. The Morgan fingerprint density at radius 3 is 2.25 bits per heavy atom. The normalized spacial score (nSPS) is 23.7. The van der Waals surface area contributed by atoms with Crippen LogP contribution >= 0.6 is 0 Å². The van der Waals surface area contributed by atoms with Crippen LogP contribution in [0.4, 0.5) is 0 Å². The maximum Gasteiger partial charge on any atom is -1.00 e. The predicted molar refractivity (Wildman–Crippen MR) is 90.1 cm³/mol. The second kappa shape index (κ2) is 10.6. The zero-order valence-corrected chi connectivity index (χ0v) is 19.0. The third-order valence-corrected chi connectivity index (χ3v) is 13.8. The van der Waals surface area contributed by atoms with Gasteiger partial charge in [-0.25, -0.2) is 0 Å². The average molecular weight is 436 g/mol. The molecule has 1 aliphatic carbocycles. The summed E-state index contributed by atoms with van der Waals surface area (Å²) in [6.45, 7) is 2.29. The van der Waals surface area contributed by atoms with E-state index in [0.29, 0.717) is 3.34 Å². The minimum Gasteiger partial charge on any atom is -1.00 e. The zero-order valence-electron chi connectivity index (χ0n) is 14.2. The van der Waals surface area contributed by atoms with Gasteiger partial charge in [0.25, 0.3) is 0 Å². The van der Waals surface area contributed by atoms with Crippen molar-refractivity contribution in [1.82, 2.24) is 0 Å². The fourth-order valence-electron chi connectivity index (χ4n) is 4.14. The first-order valence-electron chi connectivity index (χ1n) is 8.42. The van der Waals surface area contributed by atoms with Gasteiger partial charge in [-0.15, -0.1) is 0 Å². The van der Waals surface area contributed by atoms with E-state index < -0.39 is 8.07 Å². The molecule has 1 aromatic rings. The van der Waals surface area contributed by atoms with Crippen LogP contribution in [0.25, 0.3) is 0 Å².